The number of pyridine rings is 2. The summed E-state index contributed by atoms with van der Waals surface area (Å²) in [6.45, 7) is 5.80. The van der Waals surface area contributed by atoms with Crippen molar-refractivity contribution in [2.75, 3.05) is 36.4 Å². The van der Waals surface area contributed by atoms with E-state index in [2.05, 4.69) is 20.6 Å². The topological polar surface area (TPSA) is 79.4 Å². The SMILES string of the molecule is CC1(C)OC(=O)Nc2nccc(-c3cc(C(F)(F)F)cc(N4CCNCC4)n3)c21. The van der Waals surface area contributed by atoms with Crippen LogP contribution in [0.15, 0.2) is 24.4 Å². The molecule has 0 saturated carbocycles. The first-order valence-electron chi connectivity index (χ1n) is 9.20. The minimum atomic E-state index is -4.52. The second-order valence-corrected chi connectivity index (χ2v) is 7.44. The van der Waals surface area contributed by atoms with Crippen molar-refractivity contribution in [1.82, 2.24) is 15.3 Å². The molecule has 10 heteroatoms. The molecule has 7 nitrogen and oxygen atoms in total. The Balaban J connectivity index is 1.89. The summed E-state index contributed by atoms with van der Waals surface area (Å²) in [7, 11) is 0. The van der Waals surface area contributed by atoms with E-state index in [1.54, 1.807) is 19.9 Å². The van der Waals surface area contributed by atoms with E-state index in [-0.39, 0.29) is 17.3 Å². The van der Waals surface area contributed by atoms with E-state index in [1.165, 1.54) is 6.20 Å². The Morgan fingerprint density at radius 3 is 2.62 bits per heavy atom. The summed E-state index contributed by atoms with van der Waals surface area (Å²) in [5.74, 6) is 0.521. The van der Waals surface area contributed by atoms with Gasteiger partial charge < -0.3 is 15.0 Å². The molecule has 1 saturated heterocycles. The number of nitrogens with zero attached hydrogens (tertiary/aromatic N) is 3. The number of cyclic esters (lactones) is 1. The van der Waals surface area contributed by atoms with E-state index in [0.717, 1.165) is 12.1 Å². The van der Waals surface area contributed by atoms with Crippen LogP contribution in [0, 0.1) is 0 Å². The van der Waals surface area contributed by atoms with Gasteiger partial charge in [0.05, 0.1) is 11.3 Å². The van der Waals surface area contributed by atoms with Crippen molar-refractivity contribution >= 4 is 17.7 Å². The van der Waals surface area contributed by atoms with Crippen LogP contribution >= 0.6 is 0 Å². The normalized spacial score (nSPS) is 18.7. The average Bonchev–Trinajstić information content (AvgIpc) is 2.66. The van der Waals surface area contributed by atoms with Crippen LogP contribution in [-0.2, 0) is 16.5 Å². The van der Waals surface area contributed by atoms with Gasteiger partial charge in [0.1, 0.15) is 17.2 Å². The summed E-state index contributed by atoms with van der Waals surface area (Å²) < 4.78 is 46.2. The zero-order chi connectivity index (χ0) is 20.8. The lowest BCUT2D eigenvalue weighted by molar-refractivity contribution is -0.137. The molecular weight excluding hydrogens is 387 g/mol. The minimum Gasteiger partial charge on any atom is -0.438 e. The van der Waals surface area contributed by atoms with Crippen LogP contribution in [0.2, 0.25) is 0 Å². The monoisotopic (exact) mass is 407 g/mol. The number of ether oxygens (including phenoxy) is 1. The summed E-state index contributed by atoms with van der Waals surface area (Å²) >= 11 is 0. The molecule has 0 aliphatic carbocycles. The molecule has 0 radical (unpaired) electrons. The fraction of sp³-hybridized carbons (Fsp3) is 0.421. The molecule has 154 valence electrons. The molecule has 0 unspecified atom stereocenters. The highest BCUT2D eigenvalue weighted by molar-refractivity contribution is 5.90. The van der Waals surface area contributed by atoms with Gasteiger partial charge in [-0.05, 0) is 32.0 Å². The number of nitrogens with one attached hydrogen (secondary N) is 2. The van der Waals surface area contributed by atoms with Gasteiger partial charge in [-0.2, -0.15) is 13.2 Å². The number of amides is 1. The maximum Gasteiger partial charge on any atom is 0.416 e. The van der Waals surface area contributed by atoms with Crippen LogP contribution in [0.4, 0.5) is 29.6 Å². The Morgan fingerprint density at radius 1 is 1.21 bits per heavy atom. The number of hydrogen-bond donors (Lipinski definition) is 2. The summed E-state index contributed by atoms with van der Waals surface area (Å²) in [5, 5.41) is 5.68. The molecule has 0 spiro atoms. The fourth-order valence-corrected chi connectivity index (χ4v) is 3.66. The lowest BCUT2D eigenvalue weighted by Crippen LogP contribution is -2.44. The van der Waals surface area contributed by atoms with Crippen LogP contribution in [0.25, 0.3) is 11.3 Å². The first-order chi connectivity index (χ1) is 13.6. The highest BCUT2D eigenvalue weighted by Gasteiger charge is 2.38. The van der Waals surface area contributed by atoms with E-state index in [9.17, 15) is 18.0 Å². The quantitative estimate of drug-likeness (QED) is 0.795. The average molecular weight is 407 g/mol. The van der Waals surface area contributed by atoms with Crippen LogP contribution in [0.3, 0.4) is 0 Å². The van der Waals surface area contributed by atoms with Crippen molar-refractivity contribution in [3.63, 3.8) is 0 Å². The molecule has 2 aromatic rings. The number of rotatable bonds is 2. The molecule has 0 bridgehead atoms. The molecule has 2 N–H and O–H groups in total. The van der Waals surface area contributed by atoms with Crippen LogP contribution in [-0.4, -0.2) is 42.2 Å². The number of alkyl halides is 3. The second-order valence-electron chi connectivity index (χ2n) is 7.44. The fourth-order valence-electron chi connectivity index (χ4n) is 3.66. The molecule has 2 aromatic heterocycles. The Morgan fingerprint density at radius 2 is 1.93 bits per heavy atom. The highest BCUT2D eigenvalue weighted by Crippen LogP contribution is 2.42. The molecule has 2 aliphatic rings. The van der Waals surface area contributed by atoms with E-state index in [0.29, 0.717) is 37.3 Å². The van der Waals surface area contributed by atoms with Crippen LogP contribution < -0.4 is 15.5 Å². The first-order valence-corrected chi connectivity index (χ1v) is 9.20. The van der Waals surface area contributed by atoms with Crippen molar-refractivity contribution in [3.05, 3.63) is 35.5 Å². The van der Waals surface area contributed by atoms with E-state index < -0.39 is 23.4 Å². The first kappa shape index (κ1) is 19.4. The number of aromatic nitrogens is 2. The number of halogens is 3. The van der Waals surface area contributed by atoms with E-state index >= 15 is 0 Å². The molecular formula is C19H20F3N5O2. The zero-order valence-corrected chi connectivity index (χ0v) is 15.9. The number of hydrogen-bond acceptors (Lipinski definition) is 6. The summed E-state index contributed by atoms with van der Waals surface area (Å²) in [4.78, 5) is 22.3. The smallest absolute Gasteiger partial charge is 0.416 e. The number of fused-ring (bicyclic) bond motifs is 1. The minimum absolute atomic E-state index is 0.153. The van der Waals surface area contributed by atoms with Gasteiger partial charge in [0, 0.05) is 43.5 Å². The standard InChI is InChI=1S/C19H20F3N5O2/c1-18(2)15-12(3-4-24-16(15)26-17(28)29-18)13-9-11(19(20,21)22)10-14(25-13)27-7-5-23-6-8-27/h3-4,9-10,23H,5-8H2,1-2H3,(H,24,26,28). The van der Waals surface area contributed by atoms with Gasteiger partial charge in [0.15, 0.2) is 0 Å². The highest BCUT2D eigenvalue weighted by atomic mass is 19.4. The zero-order valence-electron chi connectivity index (χ0n) is 15.9. The van der Waals surface area contributed by atoms with Crippen molar-refractivity contribution < 1.29 is 22.7 Å². The van der Waals surface area contributed by atoms with Crippen molar-refractivity contribution in [3.8, 4) is 11.3 Å². The van der Waals surface area contributed by atoms with Crippen molar-refractivity contribution in [1.29, 1.82) is 0 Å². The van der Waals surface area contributed by atoms with Crippen molar-refractivity contribution in [2.45, 2.75) is 25.6 Å². The van der Waals surface area contributed by atoms with Gasteiger partial charge in [-0.15, -0.1) is 0 Å². The Hall–Kier alpha value is -2.88. The summed E-state index contributed by atoms with van der Waals surface area (Å²) in [5.41, 5.74) is -0.785. The lowest BCUT2D eigenvalue weighted by atomic mass is 9.90. The van der Waals surface area contributed by atoms with Gasteiger partial charge >= 0.3 is 12.3 Å². The van der Waals surface area contributed by atoms with Gasteiger partial charge in [0.2, 0.25) is 0 Å². The molecule has 4 rings (SSSR count). The van der Waals surface area contributed by atoms with Crippen molar-refractivity contribution in [2.24, 2.45) is 0 Å². The second kappa shape index (κ2) is 6.87. The predicted molar refractivity (Wildman–Crippen MR) is 101 cm³/mol. The van der Waals surface area contributed by atoms with E-state index in [1.807, 2.05) is 4.90 Å². The molecule has 4 heterocycles. The number of piperazine rings is 1. The number of carbonyl (C=O) groups is 1. The van der Waals surface area contributed by atoms with E-state index in [4.69, 9.17) is 4.74 Å². The van der Waals surface area contributed by atoms with Gasteiger partial charge in [-0.1, -0.05) is 0 Å². The Bertz CT molecular complexity index is 955. The molecule has 1 amide bonds. The Kier molecular flexibility index (Phi) is 4.60. The third kappa shape index (κ3) is 3.71. The van der Waals surface area contributed by atoms with Gasteiger partial charge in [0.25, 0.3) is 0 Å². The Labute approximate surface area is 165 Å². The third-order valence-electron chi connectivity index (χ3n) is 4.98. The predicted octanol–water partition coefficient (Wildman–Crippen LogP) is 3.37. The molecule has 29 heavy (non-hydrogen) atoms. The number of carbonyl (C=O) groups excluding carboxylic acids is 1. The van der Waals surface area contributed by atoms with Gasteiger partial charge in [-0.25, -0.2) is 14.8 Å². The molecule has 0 atom stereocenters. The maximum absolute atomic E-state index is 13.6. The van der Waals surface area contributed by atoms with Gasteiger partial charge in [-0.3, -0.25) is 5.32 Å². The maximum atomic E-state index is 13.6. The summed E-state index contributed by atoms with van der Waals surface area (Å²) in [6.07, 6.45) is -3.75. The molecule has 2 aliphatic heterocycles. The molecule has 1 fully saturated rings. The molecule has 0 aromatic carbocycles. The lowest BCUT2D eigenvalue weighted by Gasteiger charge is -2.33. The number of anilines is 2. The third-order valence-corrected chi connectivity index (χ3v) is 4.98. The summed E-state index contributed by atoms with van der Waals surface area (Å²) in [6, 6.07) is 3.69. The van der Waals surface area contributed by atoms with Crippen LogP contribution in [0.5, 0.6) is 0 Å². The van der Waals surface area contributed by atoms with Crippen LogP contribution in [0.1, 0.15) is 25.0 Å². The largest absolute Gasteiger partial charge is 0.438 e.